The van der Waals surface area contributed by atoms with Gasteiger partial charge in [0.2, 0.25) is 6.17 Å². The molecule has 88 valence electrons. The quantitative estimate of drug-likeness (QED) is 0.829. The maximum Gasteiger partial charge on any atom is 0.343 e. The van der Waals surface area contributed by atoms with Crippen LogP contribution in [0.2, 0.25) is 5.02 Å². The number of aliphatic hydroxyl groups excluding tert-OH is 1. The summed E-state index contributed by atoms with van der Waals surface area (Å²) >= 11 is 5.64. The van der Waals surface area contributed by atoms with Gasteiger partial charge in [-0.2, -0.15) is 0 Å². The average molecular weight is 247 g/mol. The molecule has 3 nitrogen and oxygen atoms in total. The van der Waals surface area contributed by atoms with E-state index < -0.39 is 18.2 Å². The molecular weight excluding hydrogens is 235 g/mol. The second kappa shape index (κ2) is 5.82. The molecule has 0 aliphatic rings. The number of alkyl halides is 1. The monoisotopic (exact) mass is 246 g/mol. The fraction of sp³-hybridized carbons (Fsp3) is 0.364. The number of aliphatic hydroxyl groups is 1. The van der Waals surface area contributed by atoms with Crippen LogP contribution in [0.5, 0.6) is 0 Å². The van der Waals surface area contributed by atoms with Crippen molar-refractivity contribution in [2.75, 3.05) is 6.61 Å². The van der Waals surface area contributed by atoms with Crippen LogP contribution in [-0.2, 0) is 9.53 Å². The van der Waals surface area contributed by atoms with Crippen molar-refractivity contribution in [1.82, 2.24) is 0 Å². The van der Waals surface area contributed by atoms with Crippen molar-refractivity contribution >= 4 is 17.6 Å². The molecule has 5 heteroatoms. The molecule has 2 atom stereocenters. The van der Waals surface area contributed by atoms with Crippen LogP contribution in [0.15, 0.2) is 24.3 Å². The van der Waals surface area contributed by atoms with Crippen molar-refractivity contribution in [3.8, 4) is 0 Å². The molecule has 0 radical (unpaired) electrons. The number of hydrogen-bond acceptors (Lipinski definition) is 3. The highest BCUT2D eigenvalue weighted by atomic mass is 35.5. The number of rotatable bonds is 4. The molecule has 0 unspecified atom stereocenters. The predicted octanol–water partition coefficient (Wildman–Crippen LogP) is 2.27. The number of halogens is 2. The lowest BCUT2D eigenvalue weighted by molar-refractivity contribution is -0.153. The van der Waals surface area contributed by atoms with Crippen LogP contribution >= 0.6 is 11.6 Å². The first kappa shape index (κ1) is 12.9. The second-order valence-electron chi connectivity index (χ2n) is 3.15. The molecule has 0 aliphatic heterocycles. The number of carbonyl (C=O) groups excluding carboxylic acids is 1. The minimum Gasteiger partial charge on any atom is -0.464 e. The van der Waals surface area contributed by atoms with Crippen molar-refractivity contribution in [1.29, 1.82) is 0 Å². The molecule has 0 aromatic heterocycles. The smallest absolute Gasteiger partial charge is 0.343 e. The standard InChI is InChI=1S/C11H12ClFO3/c1-2-16-11(15)9(13)10(14)7-3-5-8(12)6-4-7/h3-6,9-10,14H,2H2,1H3/t9-,10-/m1/s1. The summed E-state index contributed by atoms with van der Waals surface area (Å²) in [7, 11) is 0. The first-order valence-corrected chi connectivity index (χ1v) is 5.18. The summed E-state index contributed by atoms with van der Waals surface area (Å²) < 4.78 is 17.9. The lowest BCUT2D eigenvalue weighted by atomic mass is 10.1. The van der Waals surface area contributed by atoms with E-state index in [0.29, 0.717) is 5.02 Å². The molecule has 1 N–H and O–H groups in total. The summed E-state index contributed by atoms with van der Waals surface area (Å²) in [6.45, 7) is 1.64. The van der Waals surface area contributed by atoms with E-state index >= 15 is 0 Å². The zero-order chi connectivity index (χ0) is 12.1. The number of carbonyl (C=O) groups is 1. The zero-order valence-electron chi connectivity index (χ0n) is 8.69. The average Bonchev–Trinajstić information content (AvgIpc) is 2.28. The Morgan fingerprint density at radius 1 is 1.50 bits per heavy atom. The van der Waals surface area contributed by atoms with Gasteiger partial charge in [0.1, 0.15) is 6.10 Å². The van der Waals surface area contributed by atoms with E-state index in [1.165, 1.54) is 24.3 Å². The highest BCUT2D eigenvalue weighted by Crippen LogP contribution is 2.22. The van der Waals surface area contributed by atoms with Crippen LogP contribution in [0.4, 0.5) is 4.39 Å². The Morgan fingerprint density at radius 2 is 2.06 bits per heavy atom. The molecule has 16 heavy (non-hydrogen) atoms. The Hall–Kier alpha value is -1.13. The number of benzene rings is 1. The molecule has 1 rings (SSSR count). The van der Waals surface area contributed by atoms with Gasteiger partial charge in [0.25, 0.3) is 0 Å². The van der Waals surface area contributed by atoms with E-state index in [4.69, 9.17) is 11.6 Å². The van der Waals surface area contributed by atoms with Crippen LogP contribution < -0.4 is 0 Å². The van der Waals surface area contributed by atoms with Gasteiger partial charge in [-0.25, -0.2) is 9.18 Å². The molecule has 0 saturated heterocycles. The van der Waals surface area contributed by atoms with Crippen LogP contribution in [0.1, 0.15) is 18.6 Å². The van der Waals surface area contributed by atoms with Gasteiger partial charge in [-0.15, -0.1) is 0 Å². The van der Waals surface area contributed by atoms with Crippen molar-refractivity contribution in [2.24, 2.45) is 0 Å². The number of hydrogen-bond donors (Lipinski definition) is 1. The first-order valence-electron chi connectivity index (χ1n) is 4.80. The molecule has 1 aromatic carbocycles. The van der Waals surface area contributed by atoms with Crippen LogP contribution in [0.3, 0.4) is 0 Å². The third kappa shape index (κ3) is 3.18. The lowest BCUT2D eigenvalue weighted by Crippen LogP contribution is -2.26. The van der Waals surface area contributed by atoms with Crippen molar-refractivity contribution in [3.05, 3.63) is 34.9 Å². The zero-order valence-corrected chi connectivity index (χ0v) is 9.45. The summed E-state index contributed by atoms with van der Waals surface area (Å²) in [6, 6.07) is 5.94. The highest BCUT2D eigenvalue weighted by molar-refractivity contribution is 6.30. The summed E-state index contributed by atoms with van der Waals surface area (Å²) in [5.41, 5.74) is 0.282. The Morgan fingerprint density at radius 3 is 2.56 bits per heavy atom. The molecule has 0 saturated carbocycles. The van der Waals surface area contributed by atoms with Crippen LogP contribution in [-0.4, -0.2) is 23.9 Å². The van der Waals surface area contributed by atoms with Gasteiger partial charge in [0.15, 0.2) is 0 Å². The van der Waals surface area contributed by atoms with Crippen molar-refractivity contribution < 1.29 is 19.0 Å². The number of ether oxygens (including phenoxy) is 1. The molecule has 0 fully saturated rings. The van der Waals surface area contributed by atoms with Gasteiger partial charge in [0.05, 0.1) is 6.61 Å². The molecule has 0 aliphatic carbocycles. The minimum atomic E-state index is -2.08. The third-order valence-electron chi connectivity index (χ3n) is 2.00. The van der Waals surface area contributed by atoms with Gasteiger partial charge in [-0.05, 0) is 24.6 Å². The van der Waals surface area contributed by atoms with E-state index in [2.05, 4.69) is 4.74 Å². The molecule has 0 bridgehead atoms. The SMILES string of the molecule is CCOC(=O)[C@H](F)[C@H](O)c1ccc(Cl)cc1. The third-order valence-corrected chi connectivity index (χ3v) is 2.25. The maximum absolute atomic E-state index is 13.4. The lowest BCUT2D eigenvalue weighted by Gasteiger charge is -2.14. The molecule has 0 spiro atoms. The van der Waals surface area contributed by atoms with E-state index in [1.807, 2.05) is 0 Å². The second-order valence-corrected chi connectivity index (χ2v) is 3.59. The molecular formula is C11H12ClFO3. The summed E-state index contributed by atoms with van der Waals surface area (Å²) in [4.78, 5) is 11.0. The van der Waals surface area contributed by atoms with E-state index in [-0.39, 0.29) is 12.2 Å². The fourth-order valence-electron chi connectivity index (χ4n) is 1.18. The maximum atomic E-state index is 13.4. The Labute approximate surface area is 97.8 Å². The van der Waals surface area contributed by atoms with Gasteiger partial charge in [-0.1, -0.05) is 23.7 Å². The van der Waals surface area contributed by atoms with Gasteiger partial charge >= 0.3 is 5.97 Å². The topological polar surface area (TPSA) is 46.5 Å². The van der Waals surface area contributed by atoms with Crippen LogP contribution in [0, 0.1) is 0 Å². The van der Waals surface area contributed by atoms with E-state index in [1.54, 1.807) is 6.92 Å². The first-order chi connectivity index (χ1) is 7.56. The Balaban J connectivity index is 2.73. The van der Waals surface area contributed by atoms with Gasteiger partial charge in [-0.3, -0.25) is 0 Å². The summed E-state index contributed by atoms with van der Waals surface area (Å²) in [5.74, 6) is -1.06. The Kier molecular flexibility index (Phi) is 4.71. The van der Waals surface area contributed by atoms with Crippen molar-refractivity contribution in [2.45, 2.75) is 19.2 Å². The van der Waals surface area contributed by atoms with Crippen LogP contribution in [0.25, 0.3) is 0 Å². The largest absolute Gasteiger partial charge is 0.464 e. The van der Waals surface area contributed by atoms with Gasteiger partial charge < -0.3 is 9.84 Å². The number of esters is 1. The molecule has 1 aromatic rings. The van der Waals surface area contributed by atoms with E-state index in [9.17, 15) is 14.3 Å². The molecule has 0 heterocycles. The predicted molar refractivity (Wildman–Crippen MR) is 57.9 cm³/mol. The fourth-order valence-corrected chi connectivity index (χ4v) is 1.31. The Bertz CT molecular complexity index is 353. The molecule has 0 amide bonds. The van der Waals surface area contributed by atoms with Gasteiger partial charge in [0, 0.05) is 5.02 Å². The summed E-state index contributed by atoms with van der Waals surface area (Å²) in [5, 5.41) is 10.0. The van der Waals surface area contributed by atoms with E-state index in [0.717, 1.165) is 0 Å². The summed E-state index contributed by atoms with van der Waals surface area (Å²) in [6.07, 6.45) is -3.61. The minimum absolute atomic E-state index is 0.0760. The highest BCUT2D eigenvalue weighted by Gasteiger charge is 2.28. The van der Waals surface area contributed by atoms with Crippen molar-refractivity contribution in [3.63, 3.8) is 0 Å². The normalized spacial score (nSPS) is 14.2.